The first-order valence-corrected chi connectivity index (χ1v) is 12.4. The zero-order valence-electron chi connectivity index (χ0n) is 18.3. The van der Waals surface area contributed by atoms with Gasteiger partial charge in [-0.05, 0) is 56.4 Å². The summed E-state index contributed by atoms with van der Waals surface area (Å²) in [5.74, 6) is -0.0199. The molecule has 1 aliphatic rings. The number of rotatable bonds is 8. The summed E-state index contributed by atoms with van der Waals surface area (Å²) in [4.78, 5) is 12.9. The van der Waals surface area contributed by atoms with Crippen molar-refractivity contribution >= 4 is 15.9 Å². The van der Waals surface area contributed by atoms with Crippen LogP contribution in [0.25, 0.3) is 0 Å². The first-order valence-electron chi connectivity index (χ1n) is 10.9. The molecule has 0 spiro atoms. The summed E-state index contributed by atoms with van der Waals surface area (Å²) in [7, 11) is -2.28. The summed E-state index contributed by atoms with van der Waals surface area (Å²) in [5, 5.41) is 2.98. The van der Waals surface area contributed by atoms with Crippen LogP contribution in [0.15, 0.2) is 53.4 Å². The maximum atomic E-state index is 13.3. The van der Waals surface area contributed by atoms with Crippen LogP contribution >= 0.6 is 0 Å². The predicted molar refractivity (Wildman–Crippen MR) is 122 cm³/mol. The Kier molecular flexibility index (Phi) is 8.09. The fraction of sp³-hybridized carbons (Fsp3) is 0.458. The lowest BCUT2D eigenvalue weighted by Crippen LogP contribution is -2.34. The Morgan fingerprint density at radius 1 is 1.06 bits per heavy atom. The molecule has 1 heterocycles. The lowest BCUT2D eigenvalue weighted by Gasteiger charge is -2.22. The highest BCUT2D eigenvalue weighted by atomic mass is 32.2. The van der Waals surface area contributed by atoms with Gasteiger partial charge in [0.1, 0.15) is 10.6 Å². The molecule has 0 aliphatic carbocycles. The molecular formula is C24H32N2O4S. The highest BCUT2D eigenvalue weighted by Crippen LogP contribution is 2.29. The van der Waals surface area contributed by atoms with E-state index in [-0.39, 0.29) is 22.6 Å². The molecule has 1 amide bonds. The Balaban J connectivity index is 1.73. The monoisotopic (exact) mass is 444 g/mol. The number of aryl methyl sites for hydroxylation is 1. The normalized spacial score (nSPS) is 16.3. The molecule has 2 aromatic rings. The van der Waals surface area contributed by atoms with Gasteiger partial charge in [0, 0.05) is 24.7 Å². The molecule has 6 nitrogen and oxygen atoms in total. The van der Waals surface area contributed by atoms with Crippen molar-refractivity contribution in [1.82, 2.24) is 9.62 Å². The molecule has 1 atom stereocenters. The van der Waals surface area contributed by atoms with Gasteiger partial charge in [0.2, 0.25) is 10.0 Å². The second-order valence-electron chi connectivity index (χ2n) is 8.08. The lowest BCUT2D eigenvalue weighted by molar-refractivity contribution is 0.0938. The molecule has 168 valence electrons. The number of benzene rings is 2. The third-order valence-electron chi connectivity index (χ3n) is 5.70. The highest BCUT2D eigenvalue weighted by Gasteiger charge is 2.29. The predicted octanol–water partition coefficient (Wildman–Crippen LogP) is 4.01. The summed E-state index contributed by atoms with van der Waals surface area (Å²) < 4.78 is 33.4. The molecule has 1 saturated heterocycles. The average molecular weight is 445 g/mol. The van der Waals surface area contributed by atoms with Gasteiger partial charge >= 0.3 is 0 Å². The van der Waals surface area contributed by atoms with Crippen LogP contribution in [-0.4, -0.2) is 44.9 Å². The summed E-state index contributed by atoms with van der Waals surface area (Å²) in [6, 6.07) is 14.7. The molecule has 0 radical (unpaired) electrons. The van der Waals surface area contributed by atoms with E-state index in [0.29, 0.717) is 18.7 Å². The highest BCUT2D eigenvalue weighted by molar-refractivity contribution is 7.89. The van der Waals surface area contributed by atoms with Crippen LogP contribution in [0.5, 0.6) is 5.75 Å². The second-order valence-corrected chi connectivity index (χ2v) is 9.99. The van der Waals surface area contributed by atoms with E-state index in [0.717, 1.165) is 38.5 Å². The van der Waals surface area contributed by atoms with Crippen LogP contribution in [0, 0.1) is 0 Å². The van der Waals surface area contributed by atoms with E-state index in [1.54, 1.807) is 12.1 Å². The number of hydrogen-bond donors (Lipinski definition) is 1. The zero-order valence-corrected chi connectivity index (χ0v) is 19.2. The average Bonchev–Trinajstić information content (AvgIpc) is 3.08. The first kappa shape index (κ1) is 23.3. The van der Waals surface area contributed by atoms with E-state index >= 15 is 0 Å². The number of sulfonamides is 1. The minimum atomic E-state index is -3.73. The second kappa shape index (κ2) is 10.8. The fourth-order valence-corrected chi connectivity index (χ4v) is 5.55. The van der Waals surface area contributed by atoms with Gasteiger partial charge in [0.25, 0.3) is 5.91 Å². The van der Waals surface area contributed by atoms with Gasteiger partial charge in [0.15, 0.2) is 0 Å². The van der Waals surface area contributed by atoms with Crippen LogP contribution in [0.4, 0.5) is 0 Å². The van der Waals surface area contributed by atoms with Gasteiger partial charge in [0.05, 0.1) is 7.11 Å². The summed E-state index contributed by atoms with van der Waals surface area (Å²) >= 11 is 0. The molecule has 3 rings (SSSR count). The summed E-state index contributed by atoms with van der Waals surface area (Å²) in [6.45, 7) is 2.95. The van der Waals surface area contributed by atoms with Crippen molar-refractivity contribution in [2.24, 2.45) is 0 Å². The minimum Gasteiger partial charge on any atom is -0.495 e. The van der Waals surface area contributed by atoms with E-state index in [1.165, 1.54) is 23.0 Å². The molecular weight excluding hydrogens is 412 g/mol. The lowest BCUT2D eigenvalue weighted by atomic mass is 10.1. The Labute approximate surface area is 185 Å². The van der Waals surface area contributed by atoms with Crippen molar-refractivity contribution in [3.05, 3.63) is 59.7 Å². The van der Waals surface area contributed by atoms with Crippen molar-refractivity contribution in [1.29, 1.82) is 0 Å². The number of carbonyl (C=O) groups is 1. The van der Waals surface area contributed by atoms with Crippen LogP contribution in [0.2, 0.25) is 0 Å². The maximum absolute atomic E-state index is 13.3. The quantitative estimate of drug-likeness (QED) is 0.667. The molecule has 0 bridgehead atoms. The Bertz CT molecular complexity index is 968. The number of ether oxygens (including phenoxy) is 1. The molecule has 7 heteroatoms. The largest absolute Gasteiger partial charge is 0.495 e. The Hall–Kier alpha value is -2.38. The van der Waals surface area contributed by atoms with Crippen LogP contribution < -0.4 is 10.1 Å². The standard InChI is InChI=1S/C24H32N2O4S/c1-19(12-13-20-10-6-5-7-11-20)25-24(27)21-14-15-22(30-2)23(18-21)31(28,29)26-16-8-3-4-9-17-26/h5-7,10-11,14-15,18-19H,3-4,8-9,12-13,16-17H2,1-2H3,(H,25,27)/t19-/m1/s1. The smallest absolute Gasteiger partial charge is 0.251 e. The molecule has 1 N–H and O–H groups in total. The molecule has 2 aromatic carbocycles. The Morgan fingerprint density at radius 3 is 2.39 bits per heavy atom. The maximum Gasteiger partial charge on any atom is 0.251 e. The summed E-state index contributed by atoms with van der Waals surface area (Å²) in [5.41, 5.74) is 1.54. The van der Waals surface area contributed by atoms with Gasteiger partial charge in [-0.15, -0.1) is 0 Å². The topological polar surface area (TPSA) is 75.7 Å². The molecule has 0 aromatic heterocycles. The van der Waals surface area contributed by atoms with E-state index in [9.17, 15) is 13.2 Å². The van der Waals surface area contributed by atoms with Gasteiger partial charge in [-0.1, -0.05) is 43.2 Å². The van der Waals surface area contributed by atoms with Gasteiger partial charge < -0.3 is 10.1 Å². The van der Waals surface area contributed by atoms with E-state index < -0.39 is 10.0 Å². The SMILES string of the molecule is COc1ccc(C(=O)N[C@H](C)CCc2ccccc2)cc1S(=O)(=O)N1CCCCCC1. The number of amides is 1. The number of methoxy groups -OCH3 is 1. The molecule has 1 fully saturated rings. The third-order valence-corrected chi connectivity index (χ3v) is 7.61. The van der Waals surface area contributed by atoms with Crippen molar-refractivity contribution in [2.45, 2.75) is 56.4 Å². The number of hydrogen-bond acceptors (Lipinski definition) is 4. The number of nitrogens with one attached hydrogen (secondary N) is 1. The van der Waals surface area contributed by atoms with Crippen molar-refractivity contribution in [3.63, 3.8) is 0 Å². The fourth-order valence-electron chi connectivity index (χ4n) is 3.85. The van der Waals surface area contributed by atoms with Crippen molar-refractivity contribution in [2.75, 3.05) is 20.2 Å². The first-order chi connectivity index (χ1) is 14.9. The molecule has 31 heavy (non-hydrogen) atoms. The molecule has 0 unspecified atom stereocenters. The Morgan fingerprint density at radius 2 is 1.74 bits per heavy atom. The minimum absolute atomic E-state index is 0.0412. The van der Waals surface area contributed by atoms with Gasteiger partial charge in [-0.2, -0.15) is 4.31 Å². The summed E-state index contributed by atoms with van der Waals surface area (Å²) in [6.07, 6.45) is 5.42. The van der Waals surface area contributed by atoms with Crippen LogP contribution in [0.1, 0.15) is 54.9 Å². The number of nitrogens with zero attached hydrogens (tertiary/aromatic N) is 1. The van der Waals surface area contributed by atoms with E-state index in [4.69, 9.17) is 4.74 Å². The third kappa shape index (κ3) is 6.08. The number of carbonyl (C=O) groups excluding carboxylic acids is 1. The van der Waals surface area contributed by atoms with E-state index in [2.05, 4.69) is 17.4 Å². The van der Waals surface area contributed by atoms with Crippen LogP contribution in [-0.2, 0) is 16.4 Å². The van der Waals surface area contributed by atoms with Gasteiger partial charge in [-0.3, -0.25) is 4.79 Å². The molecule has 1 aliphatic heterocycles. The van der Waals surface area contributed by atoms with Crippen LogP contribution in [0.3, 0.4) is 0 Å². The zero-order chi connectivity index (χ0) is 22.3. The van der Waals surface area contributed by atoms with E-state index in [1.807, 2.05) is 25.1 Å². The molecule has 0 saturated carbocycles. The van der Waals surface area contributed by atoms with Crippen molar-refractivity contribution < 1.29 is 17.9 Å². The van der Waals surface area contributed by atoms with Crippen molar-refractivity contribution in [3.8, 4) is 5.75 Å². The van der Waals surface area contributed by atoms with Gasteiger partial charge in [-0.25, -0.2) is 8.42 Å².